The fourth-order valence-electron chi connectivity index (χ4n) is 4.35. The van der Waals surface area contributed by atoms with Crippen LogP contribution in [0, 0.1) is 17.0 Å². The van der Waals surface area contributed by atoms with Gasteiger partial charge in [0.05, 0.1) is 4.92 Å². The predicted molar refractivity (Wildman–Crippen MR) is 137 cm³/mol. The van der Waals surface area contributed by atoms with Gasteiger partial charge in [-0.3, -0.25) is 19.9 Å². The SMILES string of the molecule is Cc1cc(Nc2ncc3c(=O)n(-c4ccccc4[N+](=O)[O-])c(=O)[nH]c3n2)ccc1N1CCN(C)CC1. The first-order valence-corrected chi connectivity index (χ1v) is 11.4. The summed E-state index contributed by atoms with van der Waals surface area (Å²) in [6.45, 7) is 6.01. The van der Waals surface area contributed by atoms with Crippen LogP contribution in [0.5, 0.6) is 0 Å². The van der Waals surface area contributed by atoms with Crippen molar-refractivity contribution in [3.63, 3.8) is 0 Å². The summed E-state index contributed by atoms with van der Waals surface area (Å²) in [4.78, 5) is 52.3. The zero-order chi connectivity index (χ0) is 25.4. The Kier molecular flexibility index (Phi) is 5.94. The zero-order valence-electron chi connectivity index (χ0n) is 19.8. The third-order valence-electron chi connectivity index (χ3n) is 6.27. The van der Waals surface area contributed by atoms with Crippen molar-refractivity contribution in [2.24, 2.45) is 0 Å². The number of nitrogens with zero attached hydrogens (tertiary/aromatic N) is 6. The first-order valence-electron chi connectivity index (χ1n) is 11.4. The summed E-state index contributed by atoms with van der Waals surface area (Å²) in [5.41, 5.74) is 0.996. The highest BCUT2D eigenvalue weighted by molar-refractivity contribution is 5.75. The van der Waals surface area contributed by atoms with Crippen LogP contribution in [0.4, 0.5) is 23.0 Å². The van der Waals surface area contributed by atoms with Crippen LogP contribution in [-0.2, 0) is 0 Å². The van der Waals surface area contributed by atoms with Crippen molar-refractivity contribution in [3.8, 4) is 5.69 Å². The molecule has 0 spiro atoms. The topological polar surface area (TPSA) is 142 Å². The Bertz CT molecular complexity index is 1590. The van der Waals surface area contributed by atoms with Gasteiger partial charge in [0.1, 0.15) is 11.1 Å². The van der Waals surface area contributed by atoms with Gasteiger partial charge in [0.15, 0.2) is 5.65 Å². The van der Waals surface area contributed by atoms with E-state index in [0.29, 0.717) is 0 Å². The Morgan fingerprint density at radius 2 is 1.81 bits per heavy atom. The van der Waals surface area contributed by atoms with Crippen LogP contribution in [0.3, 0.4) is 0 Å². The molecule has 1 aliphatic heterocycles. The standard InChI is InChI=1S/C24H24N8O4/c1-15-13-16(7-8-18(15)30-11-9-29(2)10-12-30)26-23-25-14-17-21(27-23)28-24(34)31(22(17)33)19-5-3-4-6-20(19)32(35)36/h3-8,13-14H,9-12H2,1-2H3,(H2,25,26,27,28,34). The second-order valence-corrected chi connectivity index (χ2v) is 8.69. The molecule has 12 nitrogen and oxygen atoms in total. The predicted octanol–water partition coefficient (Wildman–Crippen LogP) is 2.18. The molecule has 4 aromatic rings. The Hall–Kier alpha value is -4.58. The van der Waals surface area contributed by atoms with Gasteiger partial charge < -0.3 is 15.1 Å². The fraction of sp³-hybridized carbons (Fsp3) is 0.250. The average molecular weight is 489 g/mol. The number of fused-ring (bicyclic) bond motifs is 1. The van der Waals surface area contributed by atoms with Crippen molar-refractivity contribution in [1.29, 1.82) is 0 Å². The summed E-state index contributed by atoms with van der Waals surface area (Å²) in [6.07, 6.45) is 1.29. The van der Waals surface area contributed by atoms with Crippen LogP contribution in [0.2, 0.25) is 0 Å². The van der Waals surface area contributed by atoms with Crippen molar-refractivity contribution >= 4 is 34.0 Å². The molecule has 36 heavy (non-hydrogen) atoms. The number of nitrogens with one attached hydrogen (secondary N) is 2. The Morgan fingerprint density at radius 1 is 1.06 bits per heavy atom. The second-order valence-electron chi connectivity index (χ2n) is 8.69. The van der Waals surface area contributed by atoms with E-state index < -0.39 is 16.2 Å². The lowest BCUT2D eigenvalue weighted by molar-refractivity contribution is -0.384. The molecule has 0 bridgehead atoms. The maximum absolute atomic E-state index is 13.1. The molecule has 1 aliphatic rings. The van der Waals surface area contributed by atoms with Crippen molar-refractivity contribution in [3.05, 3.63) is 85.2 Å². The molecule has 2 aromatic heterocycles. The number of para-hydroxylation sites is 2. The molecule has 0 aliphatic carbocycles. The third-order valence-corrected chi connectivity index (χ3v) is 6.27. The van der Waals surface area contributed by atoms with E-state index in [4.69, 9.17) is 0 Å². The highest BCUT2D eigenvalue weighted by Crippen LogP contribution is 2.26. The van der Waals surface area contributed by atoms with Gasteiger partial charge >= 0.3 is 5.69 Å². The van der Waals surface area contributed by atoms with Gasteiger partial charge in [0, 0.05) is 49.8 Å². The number of aryl methyl sites for hydroxylation is 1. The van der Waals surface area contributed by atoms with Gasteiger partial charge in [-0.1, -0.05) is 12.1 Å². The van der Waals surface area contributed by atoms with E-state index in [1.807, 2.05) is 19.1 Å². The molecule has 2 aromatic carbocycles. The van der Waals surface area contributed by atoms with E-state index in [1.54, 1.807) is 0 Å². The maximum atomic E-state index is 13.1. The van der Waals surface area contributed by atoms with Crippen LogP contribution >= 0.6 is 0 Å². The Labute approximate surface area is 205 Å². The zero-order valence-corrected chi connectivity index (χ0v) is 19.8. The fourth-order valence-corrected chi connectivity index (χ4v) is 4.35. The number of H-pyrrole nitrogens is 1. The minimum absolute atomic E-state index is 0.0277. The molecule has 0 saturated carbocycles. The van der Waals surface area contributed by atoms with E-state index in [0.717, 1.165) is 42.0 Å². The van der Waals surface area contributed by atoms with Crippen LogP contribution in [0.15, 0.2) is 58.3 Å². The number of hydrogen-bond acceptors (Lipinski definition) is 9. The molecule has 12 heteroatoms. The monoisotopic (exact) mass is 488 g/mol. The lowest BCUT2D eigenvalue weighted by atomic mass is 10.1. The number of aromatic nitrogens is 4. The van der Waals surface area contributed by atoms with E-state index in [1.165, 1.54) is 36.1 Å². The molecule has 3 heterocycles. The van der Waals surface area contributed by atoms with E-state index in [2.05, 4.69) is 43.2 Å². The molecular formula is C24H24N8O4. The summed E-state index contributed by atoms with van der Waals surface area (Å²) in [6, 6.07) is 11.5. The molecule has 0 radical (unpaired) electrons. The summed E-state index contributed by atoms with van der Waals surface area (Å²) in [7, 11) is 2.12. The highest BCUT2D eigenvalue weighted by atomic mass is 16.6. The van der Waals surface area contributed by atoms with Gasteiger partial charge in [-0.25, -0.2) is 14.3 Å². The van der Waals surface area contributed by atoms with Crippen molar-refractivity contribution in [1.82, 2.24) is 24.4 Å². The number of likely N-dealkylation sites (N-methyl/N-ethyl adjacent to an activating group) is 1. The van der Waals surface area contributed by atoms with Crippen LogP contribution in [0.1, 0.15) is 5.56 Å². The molecule has 5 rings (SSSR count). The third kappa shape index (κ3) is 4.29. The second kappa shape index (κ2) is 9.23. The molecule has 2 N–H and O–H groups in total. The summed E-state index contributed by atoms with van der Waals surface area (Å²) >= 11 is 0. The summed E-state index contributed by atoms with van der Waals surface area (Å²) < 4.78 is 0.720. The largest absolute Gasteiger partial charge is 0.369 e. The smallest absolute Gasteiger partial charge is 0.334 e. The molecule has 1 fully saturated rings. The first kappa shape index (κ1) is 23.2. The number of nitro groups is 1. The van der Waals surface area contributed by atoms with Crippen molar-refractivity contribution in [2.75, 3.05) is 43.4 Å². The van der Waals surface area contributed by atoms with E-state index in [-0.39, 0.29) is 28.4 Å². The van der Waals surface area contributed by atoms with Gasteiger partial charge in [-0.2, -0.15) is 4.98 Å². The number of aromatic amines is 1. The lowest BCUT2D eigenvalue weighted by Gasteiger charge is -2.35. The molecule has 184 valence electrons. The maximum Gasteiger partial charge on any atom is 0.334 e. The minimum atomic E-state index is -0.834. The van der Waals surface area contributed by atoms with E-state index >= 15 is 0 Å². The van der Waals surface area contributed by atoms with E-state index in [9.17, 15) is 19.7 Å². The summed E-state index contributed by atoms with van der Waals surface area (Å²) in [5.74, 6) is 0.202. The normalized spacial score (nSPS) is 14.2. The molecular weight excluding hydrogens is 464 g/mol. The Morgan fingerprint density at radius 3 is 2.53 bits per heavy atom. The Balaban J connectivity index is 1.45. The summed E-state index contributed by atoms with van der Waals surface area (Å²) in [5, 5.41) is 14.5. The molecule has 0 unspecified atom stereocenters. The number of piperazine rings is 1. The van der Waals surface area contributed by atoms with Gasteiger partial charge in [-0.05, 0) is 43.8 Å². The van der Waals surface area contributed by atoms with Crippen LogP contribution < -0.4 is 21.5 Å². The minimum Gasteiger partial charge on any atom is -0.369 e. The quantitative estimate of drug-likeness (QED) is 0.319. The number of benzene rings is 2. The molecule has 0 amide bonds. The van der Waals surface area contributed by atoms with Gasteiger partial charge in [0.25, 0.3) is 11.2 Å². The average Bonchev–Trinajstić information content (AvgIpc) is 2.85. The van der Waals surface area contributed by atoms with Crippen LogP contribution in [-0.4, -0.2) is 62.6 Å². The van der Waals surface area contributed by atoms with Crippen molar-refractivity contribution < 1.29 is 4.92 Å². The first-order chi connectivity index (χ1) is 17.3. The molecule has 0 atom stereocenters. The number of rotatable bonds is 5. The van der Waals surface area contributed by atoms with Crippen LogP contribution in [0.25, 0.3) is 16.7 Å². The lowest BCUT2D eigenvalue weighted by Crippen LogP contribution is -2.44. The van der Waals surface area contributed by atoms with Gasteiger partial charge in [0.2, 0.25) is 5.95 Å². The highest BCUT2D eigenvalue weighted by Gasteiger charge is 2.20. The van der Waals surface area contributed by atoms with Gasteiger partial charge in [-0.15, -0.1) is 0 Å². The number of hydrogen-bond donors (Lipinski definition) is 2. The number of anilines is 3. The number of nitro benzene ring substituents is 1. The molecule has 1 saturated heterocycles. The van der Waals surface area contributed by atoms with Crippen molar-refractivity contribution in [2.45, 2.75) is 6.92 Å².